The molecule has 0 atom stereocenters. The van der Waals surface area contributed by atoms with Crippen molar-refractivity contribution in [2.24, 2.45) is 4.99 Å². The highest BCUT2D eigenvalue weighted by molar-refractivity contribution is 9.10. The minimum absolute atomic E-state index is 0.00729. The lowest BCUT2D eigenvalue weighted by atomic mass is 10.2. The summed E-state index contributed by atoms with van der Waals surface area (Å²) in [5.74, 6) is 0.147. The van der Waals surface area contributed by atoms with Crippen molar-refractivity contribution < 1.29 is 14.5 Å². The fourth-order valence-electron chi connectivity index (χ4n) is 2.43. The van der Waals surface area contributed by atoms with Crippen molar-refractivity contribution in [1.82, 2.24) is 0 Å². The van der Waals surface area contributed by atoms with Crippen LogP contribution < -0.4 is 10.1 Å². The minimum Gasteiger partial charge on any atom is -0.483 e. The zero-order valence-corrected chi connectivity index (χ0v) is 17.8. The second-order valence-electron chi connectivity index (χ2n) is 6.06. The first-order valence-corrected chi connectivity index (χ1v) is 9.84. The molecule has 0 unspecified atom stereocenters. The number of non-ortho nitro benzene ring substituents is 1. The van der Waals surface area contributed by atoms with Crippen LogP contribution in [0, 0.1) is 10.1 Å². The molecule has 0 spiro atoms. The Labute approximate surface area is 185 Å². The lowest BCUT2D eigenvalue weighted by Gasteiger charge is -2.10. The number of carbonyl (C=O) groups excluding carboxylic acids is 1. The maximum absolute atomic E-state index is 12.1. The molecular weight excluding hydrogens is 474 g/mol. The molecule has 0 saturated carbocycles. The smallest absolute Gasteiger partial charge is 0.269 e. The van der Waals surface area contributed by atoms with E-state index in [-0.39, 0.29) is 18.2 Å². The summed E-state index contributed by atoms with van der Waals surface area (Å²) in [6.45, 7) is -0.192. The summed E-state index contributed by atoms with van der Waals surface area (Å²) in [5, 5.41) is 14.0. The summed E-state index contributed by atoms with van der Waals surface area (Å²) in [5.41, 5.74) is 1.80. The van der Waals surface area contributed by atoms with Gasteiger partial charge in [0.2, 0.25) is 0 Å². The second-order valence-corrected chi connectivity index (χ2v) is 7.41. The number of nitrogens with zero attached hydrogens (tertiary/aromatic N) is 2. The molecule has 9 heteroatoms. The van der Waals surface area contributed by atoms with Crippen LogP contribution in [0.4, 0.5) is 17.1 Å². The number of halogens is 2. The Balaban J connectivity index is 1.67. The van der Waals surface area contributed by atoms with Crippen LogP contribution >= 0.6 is 27.5 Å². The highest BCUT2D eigenvalue weighted by atomic mass is 79.9. The molecule has 1 N–H and O–H groups in total. The highest BCUT2D eigenvalue weighted by Gasteiger charge is 2.08. The Bertz CT molecular complexity index is 1090. The summed E-state index contributed by atoms with van der Waals surface area (Å²) in [6.07, 6.45) is 1.57. The molecule has 0 fully saturated rings. The molecule has 0 heterocycles. The maximum atomic E-state index is 12.1. The number of nitro benzene ring substituents is 1. The van der Waals surface area contributed by atoms with Crippen LogP contribution in [0.15, 0.2) is 76.2 Å². The molecule has 0 bridgehead atoms. The molecule has 30 heavy (non-hydrogen) atoms. The van der Waals surface area contributed by atoms with Gasteiger partial charge in [-0.2, -0.15) is 0 Å². The molecule has 0 aromatic heterocycles. The lowest BCUT2D eigenvalue weighted by molar-refractivity contribution is -0.384. The Kier molecular flexibility index (Phi) is 7.16. The Morgan fingerprint density at radius 3 is 2.50 bits per heavy atom. The fraction of sp³-hybridized carbons (Fsp3) is 0.0476. The largest absolute Gasteiger partial charge is 0.483 e. The molecule has 7 nitrogen and oxygen atoms in total. The van der Waals surface area contributed by atoms with Crippen molar-refractivity contribution in [2.45, 2.75) is 0 Å². The van der Waals surface area contributed by atoms with Gasteiger partial charge in [0.25, 0.3) is 11.6 Å². The molecule has 3 aromatic carbocycles. The molecule has 0 saturated heterocycles. The summed E-state index contributed by atoms with van der Waals surface area (Å²) >= 11 is 9.23. The van der Waals surface area contributed by atoms with Crippen molar-refractivity contribution in [1.29, 1.82) is 0 Å². The van der Waals surface area contributed by atoms with Crippen LogP contribution in [0.5, 0.6) is 5.75 Å². The van der Waals surface area contributed by atoms with Crippen molar-refractivity contribution in [3.05, 3.63) is 91.9 Å². The van der Waals surface area contributed by atoms with Gasteiger partial charge in [0.05, 0.1) is 10.6 Å². The molecule has 3 rings (SSSR count). The number of nitro groups is 1. The summed E-state index contributed by atoms with van der Waals surface area (Å²) in [6, 6.07) is 17.9. The van der Waals surface area contributed by atoms with Crippen molar-refractivity contribution in [3.63, 3.8) is 0 Å². The van der Waals surface area contributed by atoms with E-state index >= 15 is 0 Å². The molecule has 152 valence electrons. The molecule has 0 radical (unpaired) electrons. The monoisotopic (exact) mass is 487 g/mol. The van der Waals surface area contributed by atoms with Crippen LogP contribution in [0.25, 0.3) is 0 Å². The van der Waals surface area contributed by atoms with E-state index < -0.39 is 4.92 Å². The van der Waals surface area contributed by atoms with Gasteiger partial charge in [-0.25, -0.2) is 0 Å². The van der Waals surface area contributed by atoms with E-state index in [1.165, 1.54) is 12.1 Å². The van der Waals surface area contributed by atoms with E-state index in [2.05, 4.69) is 26.2 Å². The number of anilines is 1. The van der Waals surface area contributed by atoms with E-state index in [4.69, 9.17) is 16.3 Å². The van der Waals surface area contributed by atoms with Crippen LogP contribution in [0.3, 0.4) is 0 Å². The number of hydrogen-bond donors (Lipinski definition) is 1. The van der Waals surface area contributed by atoms with Crippen LogP contribution in [-0.2, 0) is 4.79 Å². The summed E-state index contributed by atoms with van der Waals surface area (Å²) in [4.78, 5) is 26.7. The van der Waals surface area contributed by atoms with E-state index in [0.717, 1.165) is 4.47 Å². The van der Waals surface area contributed by atoms with Gasteiger partial charge in [0.15, 0.2) is 6.61 Å². The van der Waals surface area contributed by atoms with Crippen LogP contribution in [0.1, 0.15) is 5.56 Å². The fourth-order valence-corrected chi connectivity index (χ4v) is 2.93. The third-order valence-corrected chi connectivity index (χ3v) is 4.62. The predicted molar refractivity (Wildman–Crippen MR) is 120 cm³/mol. The average molecular weight is 489 g/mol. The van der Waals surface area contributed by atoms with Gasteiger partial charge in [0.1, 0.15) is 5.75 Å². The lowest BCUT2D eigenvalue weighted by Crippen LogP contribution is -2.20. The number of aliphatic imine (C=N–C) groups is 1. The second kappa shape index (κ2) is 10.00. The molecule has 0 aliphatic heterocycles. The number of benzene rings is 3. The van der Waals surface area contributed by atoms with E-state index in [1.807, 2.05) is 0 Å². The first kappa shape index (κ1) is 21.5. The molecular formula is C21H15BrClN3O4. The van der Waals surface area contributed by atoms with Gasteiger partial charge >= 0.3 is 0 Å². The van der Waals surface area contributed by atoms with Gasteiger partial charge in [0, 0.05) is 39.1 Å². The minimum atomic E-state index is -0.469. The van der Waals surface area contributed by atoms with Crippen molar-refractivity contribution in [2.75, 3.05) is 11.9 Å². The Morgan fingerprint density at radius 1 is 1.13 bits per heavy atom. The van der Waals surface area contributed by atoms with Gasteiger partial charge in [-0.05, 0) is 54.6 Å². The number of nitrogens with one attached hydrogen (secondary N) is 1. The first-order chi connectivity index (χ1) is 14.4. The number of rotatable bonds is 7. The van der Waals surface area contributed by atoms with Gasteiger partial charge < -0.3 is 10.1 Å². The van der Waals surface area contributed by atoms with Crippen LogP contribution in [0.2, 0.25) is 5.02 Å². The third-order valence-electron chi connectivity index (χ3n) is 3.87. The van der Waals surface area contributed by atoms with Crippen LogP contribution in [-0.4, -0.2) is 23.7 Å². The quantitative estimate of drug-likeness (QED) is 0.259. The molecule has 0 aliphatic carbocycles. The Morgan fingerprint density at radius 2 is 1.83 bits per heavy atom. The van der Waals surface area contributed by atoms with E-state index in [9.17, 15) is 14.9 Å². The van der Waals surface area contributed by atoms with Gasteiger partial charge in [-0.15, -0.1) is 0 Å². The van der Waals surface area contributed by atoms with E-state index in [1.54, 1.807) is 60.8 Å². The van der Waals surface area contributed by atoms with Crippen molar-refractivity contribution >= 4 is 56.7 Å². The molecule has 0 aliphatic rings. The number of amides is 1. The molecule has 3 aromatic rings. The zero-order chi connectivity index (χ0) is 21.5. The highest BCUT2D eigenvalue weighted by Crippen LogP contribution is 2.24. The van der Waals surface area contributed by atoms with Gasteiger partial charge in [-0.1, -0.05) is 27.5 Å². The normalized spacial score (nSPS) is 10.7. The number of ether oxygens (including phenoxy) is 1. The summed E-state index contributed by atoms with van der Waals surface area (Å²) in [7, 11) is 0. The van der Waals surface area contributed by atoms with Gasteiger partial charge in [-0.3, -0.25) is 19.9 Å². The van der Waals surface area contributed by atoms with Crippen molar-refractivity contribution in [3.8, 4) is 5.75 Å². The zero-order valence-electron chi connectivity index (χ0n) is 15.4. The molecule has 1 amide bonds. The SMILES string of the molecule is O=C(COc1ccc(Br)cc1C=Nc1ccc([N+](=O)[O-])cc1)Nc1ccc(Cl)cc1. The predicted octanol–water partition coefficient (Wildman–Crippen LogP) is 5.78. The number of hydrogen-bond acceptors (Lipinski definition) is 5. The number of carbonyl (C=O) groups is 1. The topological polar surface area (TPSA) is 93.8 Å². The third kappa shape index (κ3) is 6.13. The summed E-state index contributed by atoms with van der Waals surface area (Å²) < 4.78 is 6.46. The Hall–Kier alpha value is -3.23. The first-order valence-electron chi connectivity index (χ1n) is 8.67. The maximum Gasteiger partial charge on any atom is 0.269 e. The van der Waals surface area contributed by atoms with E-state index in [0.29, 0.717) is 27.7 Å². The average Bonchev–Trinajstić information content (AvgIpc) is 2.73. The standard InChI is InChI=1S/C21H15BrClN3O4/c22-15-1-10-20(30-13-21(27)25-18-4-2-16(23)3-5-18)14(11-15)12-24-17-6-8-19(9-7-17)26(28)29/h1-12H,13H2,(H,25,27).